The van der Waals surface area contributed by atoms with E-state index in [1.165, 1.54) is 0 Å². The van der Waals surface area contributed by atoms with Gasteiger partial charge in [-0.25, -0.2) is 9.97 Å². The average molecular weight is 219 g/mol. The van der Waals surface area contributed by atoms with Gasteiger partial charge in [0.05, 0.1) is 0 Å². The molecule has 0 saturated carbocycles. The maximum Gasteiger partial charge on any atom is 0.222 e. The Balaban J connectivity index is 2.53. The molecule has 0 atom stereocenters. The molecule has 74 valence electrons. The van der Waals surface area contributed by atoms with Crippen molar-refractivity contribution >= 4 is 17.9 Å². The molecule has 15 heavy (non-hydrogen) atoms. The van der Waals surface area contributed by atoms with Gasteiger partial charge in [0.1, 0.15) is 0 Å². The molecule has 0 spiro atoms. The Kier molecular flexibility index (Phi) is 2.74. The quantitative estimate of drug-likeness (QED) is 0.575. The maximum absolute atomic E-state index is 10.8. The summed E-state index contributed by atoms with van der Waals surface area (Å²) in [4.78, 5) is 18.5. The van der Waals surface area contributed by atoms with Gasteiger partial charge in [0.25, 0.3) is 0 Å². The van der Waals surface area contributed by atoms with Crippen LogP contribution >= 0.6 is 11.6 Å². The molecule has 1 aromatic carbocycles. The Bertz CT molecular complexity index is 482. The fourth-order valence-electron chi connectivity index (χ4n) is 1.31. The molecule has 0 saturated heterocycles. The first-order valence-corrected chi connectivity index (χ1v) is 4.71. The van der Waals surface area contributed by atoms with Crippen molar-refractivity contribution in [2.75, 3.05) is 0 Å². The maximum atomic E-state index is 10.8. The summed E-state index contributed by atoms with van der Waals surface area (Å²) in [6.07, 6.45) is 4.00. The lowest BCUT2D eigenvalue weighted by Gasteiger charge is -2.02. The van der Waals surface area contributed by atoms with Crippen molar-refractivity contribution in [3.63, 3.8) is 0 Å². The number of benzene rings is 1. The molecule has 0 fully saturated rings. The molecule has 2 aromatic rings. The van der Waals surface area contributed by atoms with Crippen LogP contribution < -0.4 is 0 Å². The lowest BCUT2D eigenvalue weighted by Crippen LogP contribution is -1.89. The van der Waals surface area contributed by atoms with E-state index in [0.29, 0.717) is 5.56 Å². The number of hydrogen-bond donors (Lipinski definition) is 0. The van der Waals surface area contributed by atoms with E-state index >= 15 is 0 Å². The first-order chi connectivity index (χ1) is 7.31. The average Bonchev–Trinajstić information content (AvgIpc) is 2.30. The number of rotatable bonds is 2. The van der Waals surface area contributed by atoms with Crippen LogP contribution in [0.5, 0.6) is 0 Å². The third kappa shape index (κ3) is 2.02. The first kappa shape index (κ1) is 9.80. The number of halogens is 1. The van der Waals surface area contributed by atoms with Gasteiger partial charge in [-0.1, -0.05) is 24.3 Å². The van der Waals surface area contributed by atoms with Crippen LogP contribution in [-0.2, 0) is 0 Å². The topological polar surface area (TPSA) is 42.9 Å². The largest absolute Gasteiger partial charge is 0.298 e. The van der Waals surface area contributed by atoms with Crippen LogP contribution in [0.1, 0.15) is 10.4 Å². The molecule has 0 aliphatic rings. The van der Waals surface area contributed by atoms with Gasteiger partial charge in [-0.05, 0) is 17.2 Å². The minimum Gasteiger partial charge on any atom is -0.298 e. The minimum atomic E-state index is 0.197. The smallest absolute Gasteiger partial charge is 0.222 e. The normalized spacial score (nSPS) is 9.93. The third-order valence-electron chi connectivity index (χ3n) is 2.02. The van der Waals surface area contributed by atoms with E-state index in [2.05, 4.69) is 9.97 Å². The second kappa shape index (κ2) is 4.19. The molecule has 0 radical (unpaired) electrons. The molecule has 4 heteroatoms. The van der Waals surface area contributed by atoms with E-state index in [1.54, 1.807) is 18.5 Å². The SMILES string of the molecule is O=Cc1ccccc1-c1cnc(Cl)nc1. The molecule has 2 rings (SSSR count). The summed E-state index contributed by atoms with van der Waals surface area (Å²) in [5.41, 5.74) is 2.20. The summed E-state index contributed by atoms with van der Waals surface area (Å²) in [5, 5.41) is 0.197. The van der Waals surface area contributed by atoms with Gasteiger partial charge in [0, 0.05) is 23.5 Å². The van der Waals surface area contributed by atoms with E-state index in [-0.39, 0.29) is 5.28 Å². The van der Waals surface area contributed by atoms with Gasteiger partial charge >= 0.3 is 0 Å². The Hall–Kier alpha value is -1.74. The van der Waals surface area contributed by atoms with Gasteiger partial charge < -0.3 is 0 Å². The van der Waals surface area contributed by atoms with Crippen molar-refractivity contribution in [1.29, 1.82) is 0 Å². The molecule has 0 amide bonds. The minimum absolute atomic E-state index is 0.197. The third-order valence-corrected chi connectivity index (χ3v) is 2.21. The van der Waals surface area contributed by atoms with Crippen LogP contribution in [0.3, 0.4) is 0 Å². The van der Waals surface area contributed by atoms with Crippen LogP contribution in [0, 0.1) is 0 Å². The van der Waals surface area contributed by atoms with Gasteiger partial charge in [0.15, 0.2) is 6.29 Å². The zero-order chi connectivity index (χ0) is 10.7. The molecule has 1 aromatic heterocycles. The zero-order valence-corrected chi connectivity index (χ0v) is 8.48. The molecule has 3 nitrogen and oxygen atoms in total. The predicted octanol–water partition coefficient (Wildman–Crippen LogP) is 2.61. The number of carbonyl (C=O) groups excluding carboxylic acids is 1. The van der Waals surface area contributed by atoms with E-state index in [4.69, 9.17) is 11.6 Å². The van der Waals surface area contributed by atoms with Crippen LogP contribution in [0.4, 0.5) is 0 Å². The van der Waals surface area contributed by atoms with Gasteiger partial charge in [-0.3, -0.25) is 4.79 Å². The van der Waals surface area contributed by atoms with E-state index in [9.17, 15) is 4.79 Å². The van der Waals surface area contributed by atoms with Crippen LogP contribution in [0.15, 0.2) is 36.7 Å². The molecule has 0 aliphatic carbocycles. The van der Waals surface area contributed by atoms with Gasteiger partial charge in [-0.2, -0.15) is 0 Å². The summed E-state index contributed by atoms with van der Waals surface area (Å²) in [6.45, 7) is 0. The van der Waals surface area contributed by atoms with Crippen molar-refractivity contribution < 1.29 is 4.79 Å². The van der Waals surface area contributed by atoms with Gasteiger partial charge in [0.2, 0.25) is 5.28 Å². The monoisotopic (exact) mass is 218 g/mol. The number of carbonyl (C=O) groups is 1. The summed E-state index contributed by atoms with van der Waals surface area (Å²) < 4.78 is 0. The van der Waals surface area contributed by atoms with Crippen LogP contribution in [-0.4, -0.2) is 16.3 Å². The lowest BCUT2D eigenvalue weighted by atomic mass is 10.0. The Labute approximate surface area is 91.8 Å². The zero-order valence-electron chi connectivity index (χ0n) is 7.72. The summed E-state index contributed by atoms with van der Waals surface area (Å²) in [5.74, 6) is 0. The standard InChI is InChI=1S/C11H7ClN2O/c12-11-13-5-9(6-14-11)10-4-2-1-3-8(10)7-15/h1-7H. The van der Waals surface area contributed by atoms with Crippen molar-refractivity contribution in [1.82, 2.24) is 9.97 Å². The molecule has 0 aliphatic heterocycles. The molecule has 0 unspecified atom stereocenters. The Morgan fingerprint density at radius 3 is 2.47 bits per heavy atom. The molecule has 1 heterocycles. The number of hydrogen-bond acceptors (Lipinski definition) is 3. The number of aromatic nitrogens is 2. The fourth-order valence-corrected chi connectivity index (χ4v) is 1.41. The van der Waals surface area contributed by atoms with E-state index in [1.807, 2.05) is 18.2 Å². The fraction of sp³-hybridized carbons (Fsp3) is 0. The van der Waals surface area contributed by atoms with Crippen molar-refractivity contribution in [2.45, 2.75) is 0 Å². The van der Waals surface area contributed by atoms with Crippen molar-refractivity contribution in [3.8, 4) is 11.1 Å². The summed E-state index contributed by atoms with van der Waals surface area (Å²) in [7, 11) is 0. The Morgan fingerprint density at radius 2 is 1.80 bits per heavy atom. The van der Waals surface area contributed by atoms with Crippen LogP contribution in [0.2, 0.25) is 5.28 Å². The molecular weight excluding hydrogens is 212 g/mol. The summed E-state index contributed by atoms with van der Waals surface area (Å²) in [6, 6.07) is 7.26. The van der Waals surface area contributed by atoms with Crippen LogP contribution in [0.25, 0.3) is 11.1 Å². The predicted molar refractivity (Wildman–Crippen MR) is 57.9 cm³/mol. The van der Waals surface area contributed by atoms with E-state index in [0.717, 1.165) is 17.4 Å². The number of nitrogens with zero attached hydrogens (tertiary/aromatic N) is 2. The Morgan fingerprint density at radius 1 is 1.13 bits per heavy atom. The highest BCUT2D eigenvalue weighted by molar-refractivity contribution is 6.28. The molecular formula is C11H7ClN2O. The highest BCUT2D eigenvalue weighted by Crippen LogP contribution is 2.21. The molecule has 0 bridgehead atoms. The second-order valence-corrected chi connectivity index (χ2v) is 3.28. The van der Waals surface area contributed by atoms with Crippen molar-refractivity contribution in [3.05, 3.63) is 47.5 Å². The molecule has 0 N–H and O–H groups in total. The van der Waals surface area contributed by atoms with Gasteiger partial charge in [-0.15, -0.1) is 0 Å². The summed E-state index contributed by atoms with van der Waals surface area (Å²) >= 11 is 5.58. The van der Waals surface area contributed by atoms with Crippen molar-refractivity contribution in [2.24, 2.45) is 0 Å². The number of aldehydes is 1. The van der Waals surface area contributed by atoms with E-state index < -0.39 is 0 Å². The second-order valence-electron chi connectivity index (χ2n) is 2.95. The highest BCUT2D eigenvalue weighted by Gasteiger charge is 2.04. The highest BCUT2D eigenvalue weighted by atomic mass is 35.5. The first-order valence-electron chi connectivity index (χ1n) is 4.33. The lowest BCUT2D eigenvalue weighted by molar-refractivity contribution is 0.112.